The molecule has 0 atom stereocenters. The van der Waals surface area contributed by atoms with Gasteiger partial charge in [-0.15, -0.1) is 0 Å². The Balaban J connectivity index is 1.70. The first-order chi connectivity index (χ1) is 12.2. The number of hydrogen-bond donors (Lipinski definition) is 1. The van der Waals surface area contributed by atoms with Crippen molar-refractivity contribution in [1.29, 1.82) is 0 Å². The van der Waals surface area contributed by atoms with E-state index in [4.69, 9.17) is 9.47 Å². The third-order valence-electron chi connectivity index (χ3n) is 3.84. The summed E-state index contributed by atoms with van der Waals surface area (Å²) in [6.45, 7) is 0.231. The van der Waals surface area contributed by atoms with Crippen molar-refractivity contribution < 1.29 is 19.4 Å². The molecule has 0 radical (unpaired) electrons. The summed E-state index contributed by atoms with van der Waals surface area (Å²) in [6, 6.07) is 19.1. The average molecular weight is 350 g/mol. The van der Waals surface area contributed by atoms with E-state index in [0.29, 0.717) is 5.75 Å². The number of carboxylic acids is 1. The van der Waals surface area contributed by atoms with Crippen LogP contribution >= 0.6 is 11.8 Å². The second kappa shape index (κ2) is 6.53. The van der Waals surface area contributed by atoms with Gasteiger partial charge in [-0.05, 0) is 52.7 Å². The molecular weight excluding hydrogens is 336 g/mol. The van der Waals surface area contributed by atoms with Crippen LogP contribution in [0.1, 0.15) is 5.56 Å². The lowest BCUT2D eigenvalue weighted by Gasteiger charge is -2.05. The minimum atomic E-state index is -0.945. The average Bonchev–Trinajstić information content (AvgIpc) is 3.07. The minimum Gasteiger partial charge on any atom is -0.477 e. The van der Waals surface area contributed by atoms with Crippen LogP contribution in [0.3, 0.4) is 0 Å². The fourth-order valence-electron chi connectivity index (χ4n) is 2.65. The lowest BCUT2D eigenvalue weighted by Crippen LogP contribution is -1.96. The monoisotopic (exact) mass is 350 g/mol. The van der Waals surface area contributed by atoms with Gasteiger partial charge in [-0.2, -0.15) is 0 Å². The summed E-state index contributed by atoms with van der Waals surface area (Å²) in [5.41, 5.74) is 0.826. The minimum absolute atomic E-state index is 0.231. The van der Waals surface area contributed by atoms with Gasteiger partial charge in [0.05, 0.1) is 4.91 Å². The highest BCUT2D eigenvalue weighted by Gasteiger charge is 2.14. The van der Waals surface area contributed by atoms with Crippen LogP contribution in [-0.2, 0) is 4.79 Å². The van der Waals surface area contributed by atoms with Crippen molar-refractivity contribution in [1.82, 2.24) is 0 Å². The standard InChI is InChI=1S/C20H14O4S/c21-20(22)19(25-16-4-2-1-3-5-16)9-13-6-7-14-10-17-18(24-12-23-17)11-15(14)8-13/h1-11H,12H2,(H,21,22)/b19-9-. The first-order valence-electron chi connectivity index (χ1n) is 7.70. The van der Waals surface area contributed by atoms with Crippen LogP contribution in [0.25, 0.3) is 16.8 Å². The zero-order valence-electron chi connectivity index (χ0n) is 13.1. The number of benzene rings is 3. The molecule has 1 aliphatic heterocycles. The third kappa shape index (κ3) is 3.32. The molecule has 0 aromatic heterocycles. The molecule has 124 valence electrons. The van der Waals surface area contributed by atoms with Gasteiger partial charge in [-0.25, -0.2) is 4.79 Å². The highest BCUT2D eigenvalue weighted by molar-refractivity contribution is 8.04. The molecule has 0 saturated carbocycles. The summed E-state index contributed by atoms with van der Waals surface area (Å²) in [4.78, 5) is 12.8. The highest BCUT2D eigenvalue weighted by Crippen LogP contribution is 2.36. The van der Waals surface area contributed by atoms with Crippen LogP contribution < -0.4 is 9.47 Å². The third-order valence-corrected chi connectivity index (χ3v) is 4.86. The van der Waals surface area contributed by atoms with E-state index in [1.807, 2.05) is 60.7 Å². The molecule has 0 unspecified atom stereocenters. The van der Waals surface area contributed by atoms with Gasteiger partial charge in [0.2, 0.25) is 6.79 Å². The van der Waals surface area contributed by atoms with E-state index in [2.05, 4.69) is 0 Å². The van der Waals surface area contributed by atoms with E-state index in [-0.39, 0.29) is 11.7 Å². The van der Waals surface area contributed by atoms with Gasteiger partial charge >= 0.3 is 5.97 Å². The molecule has 0 fully saturated rings. The number of rotatable bonds is 4. The Kier molecular flexibility index (Phi) is 4.07. The SMILES string of the molecule is O=C(O)/C(=C/c1ccc2cc3c(cc2c1)OCO3)Sc1ccccc1. The highest BCUT2D eigenvalue weighted by atomic mass is 32.2. The molecule has 1 heterocycles. The van der Waals surface area contributed by atoms with Gasteiger partial charge in [0.1, 0.15) is 0 Å². The summed E-state index contributed by atoms with van der Waals surface area (Å²) in [7, 11) is 0. The van der Waals surface area contributed by atoms with Crippen LogP contribution in [-0.4, -0.2) is 17.9 Å². The molecular formula is C20H14O4S. The molecule has 0 bridgehead atoms. The zero-order valence-corrected chi connectivity index (χ0v) is 14.0. The van der Waals surface area contributed by atoms with Crippen LogP contribution in [0.4, 0.5) is 0 Å². The van der Waals surface area contributed by atoms with Crippen molar-refractivity contribution in [3.63, 3.8) is 0 Å². The largest absolute Gasteiger partial charge is 0.477 e. The van der Waals surface area contributed by atoms with Gasteiger partial charge < -0.3 is 14.6 Å². The normalized spacial score (nSPS) is 13.2. The Morgan fingerprint density at radius 3 is 2.40 bits per heavy atom. The van der Waals surface area contributed by atoms with Crippen molar-refractivity contribution in [2.24, 2.45) is 0 Å². The maximum absolute atomic E-state index is 11.6. The van der Waals surface area contributed by atoms with Gasteiger partial charge in [0.15, 0.2) is 11.5 Å². The first-order valence-corrected chi connectivity index (χ1v) is 8.52. The van der Waals surface area contributed by atoms with E-state index < -0.39 is 5.97 Å². The second-order valence-electron chi connectivity index (χ2n) is 5.54. The first kappa shape index (κ1) is 15.6. The number of fused-ring (bicyclic) bond motifs is 2. The molecule has 5 heteroatoms. The second-order valence-corrected chi connectivity index (χ2v) is 6.66. The van der Waals surface area contributed by atoms with Crippen LogP contribution in [0, 0.1) is 0 Å². The smallest absolute Gasteiger partial charge is 0.342 e. The van der Waals surface area contributed by atoms with Crippen LogP contribution in [0.5, 0.6) is 11.5 Å². The number of hydrogen-bond acceptors (Lipinski definition) is 4. The van der Waals surface area contributed by atoms with Gasteiger partial charge in [0.25, 0.3) is 0 Å². The van der Waals surface area contributed by atoms with E-state index in [1.54, 1.807) is 6.08 Å². The predicted octanol–water partition coefficient (Wildman–Crippen LogP) is 4.79. The fourth-order valence-corrected chi connectivity index (χ4v) is 3.48. The molecule has 4 rings (SSSR count). The lowest BCUT2D eigenvalue weighted by molar-refractivity contribution is -0.131. The number of thioether (sulfide) groups is 1. The Morgan fingerprint density at radius 2 is 1.68 bits per heavy atom. The Morgan fingerprint density at radius 1 is 0.960 bits per heavy atom. The van der Waals surface area contributed by atoms with Gasteiger partial charge in [-0.1, -0.05) is 42.1 Å². The maximum Gasteiger partial charge on any atom is 0.342 e. The van der Waals surface area contributed by atoms with Crippen molar-refractivity contribution in [3.8, 4) is 11.5 Å². The van der Waals surface area contributed by atoms with Gasteiger partial charge in [0, 0.05) is 4.90 Å². The van der Waals surface area contributed by atoms with Gasteiger partial charge in [-0.3, -0.25) is 0 Å². The number of aliphatic carboxylic acids is 1. The van der Waals surface area contributed by atoms with E-state index >= 15 is 0 Å². The van der Waals surface area contributed by atoms with E-state index in [0.717, 1.165) is 27.0 Å². The molecule has 0 aliphatic carbocycles. The van der Waals surface area contributed by atoms with E-state index in [9.17, 15) is 9.90 Å². The van der Waals surface area contributed by atoms with Crippen molar-refractivity contribution in [3.05, 3.63) is 71.1 Å². The van der Waals surface area contributed by atoms with E-state index in [1.165, 1.54) is 11.8 Å². The summed E-state index contributed by atoms with van der Waals surface area (Å²) >= 11 is 1.23. The summed E-state index contributed by atoms with van der Waals surface area (Å²) in [6.07, 6.45) is 1.68. The Hall–Kier alpha value is -2.92. The molecule has 0 saturated heterocycles. The topological polar surface area (TPSA) is 55.8 Å². The number of carboxylic acid groups (broad SMARTS) is 1. The van der Waals surface area contributed by atoms with Crippen LogP contribution in [0.15, 0.2) is 70.5 Å². The zero-order chi connectivity index (χ0) is 17.2. The maximum atomic E-state index is 11.6. The summed E-state index contributed by atoms with van der Waals surface area (Å²) in [5, 5.41) is 11.5. The molecule has 1 N–H and O–H groups in total. The Labute approximate surface area is 148 Å². The van der Waals surface area contributed by atoms with Crippen LogP contribution in [0.2, 0.25) is 0 Å². The van der Waals surface area contributed by atoms with Crippen molar-refractivity contribution in [2.45, 2.75) is 4.90 Å². The Bertz CT molecular complexity index is 980. The summed E-state index contributed by atoms with van der Waals surface area (Å²) in [5.74, 6) is 0.507. The van der Waals surface area contributed by atoms with Crippen molar-refractivity contribution in [2.75, 3.05) is 6.79 Å². The molecule has 3 aromatic rings. The molecule has 3 aromatic carbocycles. The molecule has 0 amide bonds. The molecule has 1 aliphatic rings. The number of carbonyl (C=O) groups is 1. The molecule has 4 nitrogen and oxygen atoms in total. The predicted molar refractivity (Wildman–Crippen MR) is 98.0 cm³/mol. The lowest BCUT2D eigenvalue weighted by atomic mass is 10.1. The fraction of sp³-hybridized carbons (Fsp3) is 0.0500. The quantitative estimate of drug-likeness (QED) is 0.542. The van der Waals surface area contributed by atoms with Crippen molar-refractivity contribution >= 4 is 34.6 Å². The molecule has 25 heavy (non-hydrogen) atoms. The molecule has 0 spiro atoms. The summed E-state index contributed by atoms with van der Waals surface area (Å²) < 4.78 is 10.8. The number of ether oxygens (including phenoxy) is 2.